The average Bonchev–Trinajstić information content (AvgIpc) is 2.35. The molecule has 1 fully saturated rings. The van der Waals surface area contributed by atoms with E-state index in [0.717, 1.165) is 32.6 Å². The third-order valence-electron chi connectivity index (χ3n) is 3.96. The lowest BCUT2D eigenvalue weighted by atomic mass is 10.1. The quantitative estimate of drug-likeness (QED) is 0.769. The van der Waals surface area contributed by atoms with Crippen LogP contribution in [0.15, 0.2) is 0 Å². The van der Waals surface area contributed by atoms with E-state index >= 15 is 0 Å². The van der Waals surface area contributed by atoms with Crippen LogP contribution in [0, 0.1) is 0 Å². The highest BCUT2D eigenvalue weighted by molar-refractivity contribution is 5.67. The van der Waals surface area contributed by atoms with Crippen molar-refractivity contribution in [1.82, 2.24) is 9.80 Å². The lowest BCUT2D eigenvalue weighted by Gasteiger charge is -2.40. The first kappa shape index (κ1) is 14.5. The molecule has 0 radical (unpaired) electrons. The summed E-state index contributed by atoms with van der Waals surface area (Å²) in [6.07, 6.45) is 2.39. The fourth-order valence-corrected chi connectivity index (χ4v) is 2.53. The molecule has 0 bridgehead atoms. The van der Waals surface area contributed by atoms with Gasteiger partial charge in [-0.2, -0.15) is 0 Å². The summed E-state index contributed by atoms with van der Waals surface area (Å²) >= 11 is 0. The van der Waals surface area contributed by atoms with Crippen LogP contribution in [0.1, 0.15) is 40.0 Å². The van der Waals surface area contributed by atoms with Gasteiger partial charge in [-0.1, -0.05) is 13.8 Å². The maximum Gasteiger partial charge on any atom is 0.304 e. The number of aliphatic carboxylic acids is 1. The molecule has 4 nitrogen and oxygen atoms in total. The van der Waals surface area contributed by atoms with Crippen LogP contribution in [0.3, 0.4) is 0 Å². The molecule has 4 heteroatoms. The molecule has 0 saturated carbocycles. The molecular formula is C13H26N2O2. The molecule has 1 heterocycles. The van der Waals surface area contributed by atoms with Gasteiger partial charge in [-0.3, -0.25) is 14.6 Å². The topological polar surface area (TPSA) is 43.8 Å². The lowest BCUT2D eigenvalue weighted by Crippen LogP contribution is -2.52. The SMILES string of the molecule is CCC(C)N1CCN(C(CC)CC(=O)O)CC1. The summed E-state index contributed by atoms with van der Waals surface area (Å²) in [5, 5.41) is 8.89. The molecule has 17 heavy (non-hydrogen) atoms. The van der Waals surface area contributed by atoms with Gasteiger partial charge in [-0.25, -0.2) is 0 Å². The summed E-state index contributed by atoms with van der Waals surface area (Å²) in [7, 11) is 0. The third-order valence-corrected chi connectivity index (χ3v) is 3.96. The third kappa shape index (κ3) is 4.28. The molecule has 1 N–H and O–H groups in total. The van der Waals surface area contributed by atoms with Gasteiger partial charge in [-0.15, -0.1) is 0 Å². The predicted octanol–water partition coefficient (Wildman–Crippen LogP) is 1.66. The van der Waals surface area contributed by atoms with Crippen molar-refractivity contribution in [1.29, 1.82) is 0 Å². The molecule has 1 aliphatic rings. The van der Waals surface area contributed by atoms with Gasteiger partial charge < -0.3 is 5.11 Å². The highest BCUT2D eigenvalue weighted by Crippen LogP contribution is 2.14. The molecule has 0 aliphatic carbocycles. The molecule has 0 aromatic rings. The van der Waals surface area contributed by atoms with E-state index in [0.29, 0.717) is 6.04 Å². The normalized spacial score (nSPS) is 22.3. The molecule has 1 aliphatic heterocycles. The molecule has 100 valence electrons. The Bertz CT molecular complexity index is 238. The van der Waals surface area contributed by atoms with Gasteiger partial charge in [0.2, 0.25) is 0 Å². The zero-order valence-electron chi connectivity index (χ0n) is 11.4. The zero-order chi connectivity index (χ0) is 12.8. The Morgan fingerprint density at radius 3 is 2.06 bits per heavy atom. The van der Waals surface area contributed by atoms with Gasteiger partial charge in [0, 0.05) is 38.3 Å². The Morgan fingerprint density at radius 1 is 1.12 bits per heavy atom. The monoisotopic (exact) mass is 242 g/mol. The number of carbonyl (C=O) groups is 1. The minimum Gasteiger partial charge on any atom is -0.481 e. The van der Waals surface area contributed by atoms with Gasteiger partial charge in [0.25, 0.3) is 0 Å². The summed E-state index contributed by atoms with van der Waals surface area (Å²) in [6, 6.07) is 0.864. The van der Waals surface area contributed by atoms with E-state index in [2.05, 4.69) is 30.6 Å². The Morgan fingerprint density at radius 2 is 1.65 bits per heavy atom. The minimum absolute atomic E-state index is 0.214. The fourth-order valence-electron chi connectivity index (χ4n) is 2.53. The Labute approximate surface area is 105 Å². The molecule has 2 atom stereocenters. The Balaban J connectivity index is 2.41. The lowest BCUT2D eigenvalue weighted by molar-refractivity contribution is -0.138. The number of nitrogens with zero attached hydrogens (tertiary/aromatic N) is 2. The number of hydrogen-bond acceptors (Lipinski definition) is 3. The first-order valence-electron chi connectivity index (χ1n) is 6.78. The first-order valence-corrected chi connectivity index (χ1v) is 6.78. The van der Waals surface area contributed by atoms with Crippen molar-refractivity contribution in [2.45, 2.75) is 52.1 Å². The molecular weight excluding hydrogens is 216 g/mol. The van der Waals surface area contributed by atoms with Crippen LogP contribution < -0.4 is 0 Å². The summed E-state index contributed by atoms with van der Waals surface area (Å²) in [5.41, 5.74) is 0. The minimum atomic E-state index is -0.679. The summed E-state index contributed by atoms with van der Waals surface area (Å²) in [4.78, 5) is 15.6. The predicted molar refractivity (Wildman–Crippen MR) is 69.2 cm³/mol. The van der Waals surface area contributed by atoms with E-state index in [-0.39, 0.29) is 12.5 Å². The van der Waals surface area contributed by atoms with Crippen LogP contribution in [-0.2, 0) is 4.79 Å². The van der Waals surface area contributed by atoms with E-state index in [1.807, 2.05) is 0 Å². The van der Waals surface area contributed by atoms with Crippen LogP contribution in [0.5, 0.6) is 0 Å². The number of carboxylic acid groups (broad SMARTS) is 1. The maximum absolute atomic E-state index is 10.8. The molecule has 2 unspecified atom stereocenters. The number of piperazine rings is 1. The number of carboxylic acids is 1. The Kier molecular flexibility index (Phi) is 5.92. The highest BCUT2D eigenvalue weighted by Gasteiger charge is 2.25. The fraction of sp³-hybridized carbons (Fsp3) is 0.923. The second kappa shape index (κ2) is 6.97. The smallest absolute Gasteiger partial charge is 0.304 e. The van der Waals surface area contributed by atoms with Crippen LogP contribution in [0.4, 0.5) is 0 Å². The van der Waals surface area contributed by atoms with E-state index in [4.69, 9.17) is 5.11 Å². The van der Waals surface area contributed by atoms with Crippen LogP contribution in [-0.4, -0.2) is 59.1 Å². The van der Waals surface area contributed by atoms with Gasteiger partial charge in [0.1, 0.15) is 0 Å². The standard InChI is InChI=1S/C13H26N2O2/c1-4-11(3)14-6-8-15(9-7-14)12(5-2)10-13(16)17/h11-12H,4-10H2,1-3H3,(H,16,17). The van der Waals surface area contributed by atoms with Crippen molar-refractivity contribution in [2.75, 3.05) is 26.2 Å². The molecule has 1 saturated heterocycles. The van der Waals surface area contributed by atoms with Crippen LogP contribution in [0.25, 0.3) is 0 Å². The molecule has 1 rings (SSSR count). The second-order valence-electron chi connectivity index (χ2n) is 4.99. The van der Waals surface area contributed by atoms with Crippen molar-refractivity contribution in [3.8, 4) is 0 Å². The van der Waals surface area contributed by atoms with E-state index in [9.17, 15) is 4.79 Å². The number of rotatable bonds is 6. The Hall–Kier alpha value is -0.610. The van der Waals surface area contributed by atoms with Crippen LogP contribution in [0.2, 0.25) is 0 Å². The van der Waals surface area contributed by atoms with E-state index in [1.165, 1.54) is 6.42 Å². The number of hydrogen-bond donors (Lipinski definition) is 1. The summed E-state index contributed by atoms with van der Waals surface area (Å²) < 4.78 is 0. The average molecular weight is 242 g/mol. The van der Waals surface area contributed by atoms with Gasteiger partial charge in [-0.05, 0) is 19.8 Å². The summed E-state index contributed by atoms with van der Waals surface area (Å²) in [6.45, 7) is 10.7. The second-order valence-corrected chi connectivity index (χ2v) is 4.99. The van der Waals surface area contributed by atoms with Gasteiger partial charge in [0.05, 0.1) is 6.42 Å². The van der Waals surface area contributed by atoms with Gasteiger partial charge in [0.15, 0.2) is 0 Å². The van der Waals surface area contributed by atoms with Crippen LogP contribution >= 0.6 is 0 Å². The molecule has 0 amide bonds. The van der Waals surface area contributed by atoms with E-state index in [1.54, 1.807) is 0 Å². The van der Waals surface area contributed by atoms with Gasteiger partial charge >= 0.3 is 5.97 Å². The molecule has 0 aromatic carbocycles. The maximum atomic E-state index is 10.8. The summed E-state index contributed by atoms with van der Waals surface area (Å²) in [5.74, 6) is -0.679. The van der Waals surface area contributed by atoms with Crippen molar-refractivity contribution in [3.05, 3.63) is 0 Å². The zero-order valence-corrected chi connectivity index (χ0v) is 11.4. The van der Waals surface area contributed by atoms with E-state index < -0.39 is 5.97 Å². The molecule has 0 spiro atoms. The van der Waals surface area contributed by atoms with Crippen molar-refractivity contribution in [2.24, 2.45) is 0 Å². The largest absolute Gasteiger partial charge is 0.481 e. The first-order chi connectivity index (χ1) is 8.08. The van der Waals surface area contributed by atoms with Crippen molar-refractivity contribution >= 4 is 5.97 Å². The van der Waals surface area contributed by atoms with Crippen molar-refractivity contribution < 1.29 is 9.90 Å². The van der Waals surface area contributed by atoms with Crippen molar-refractivity contribution in [3.63, 3.8) is 0 Å². The molecule has 0 aromatic heterocycles. The highest BCUT2D eigenvalue weighted by atomic mass is 16.4.